The molecule has 0 aliphatic heterocycles. The van der Waals surface area contributed by atoms with E-state index in [1.807, 2.05) is 48.5 Å². The number of fused-ring (bicyclic) bond motifs is 5. The summed E-state index contributed by atoms with van der Waals surface area (Å²) in [5.74, 6) is 1.30. The molecule has 35 heavy (non-hydrogen) atoms. The second-order valence-electron chi connectivity index (χ2n) is 7.99. The molecule has 0 amide bonds. The van der Waals surface area contributed by atoms with Crippen molar-refractivity contribution in [3.8, 4) is 17.1 Å². The van der Waals surface area contributed by atoms with E-state index in [2.05, 4.69) is 31.0 Å². The van der Waals surface area contributed by atoms with Gasteiger partial charge in [0.2, 0.25) is 0 Å². The minimum atomic E-state index is -2.63. The van der Waals surface area contributed by atoms with Crippen molar-refractivity contribution in [1.82, 2.24) is 24.6 Å². The average Bonchev–Trinajstić information content (AvgIpc) is 3.45. The van der Waals surface area contributed by atoms with E-state index < -0.39 is 6.43 Å². The first-order valence-corrected chi connectivity index (χ1v) is 12.3. The van der Waals surface area contributed by atoms with Crippen LogP contribution < -0.4 is 4.74 Å². The standard InChI is InChI=1S/C25H16BrF2N5OS/c1-13-9-17(22(27)28)30-25-19(13)20-21(35-25)24-31-23(32-33(24)12-29-20)15-6-4-5-14(10-15)11-34-18-8-3-2-7-16(18)26/h2-10,12,22H,11H2,1H3. The van der Waals surface area contributed by atoms with Crippen molar-refractivity contribution in [2.45, 2.75) is 20.0 Å². The Labute approximate surface area is 210 Å². The van der Waals surface area contributed by atoms with Crippen molar-refractivity contribution in [2.24, 2.45) is 0 Å². The number of para-hydroxylation sites is 1. The van der Waals surface area contributed by atoms with Crippen LogP contribution in [0.25, 0.3) is 37.5 Å². The van der Waals surface area contributed by atoms with Gasteiger partial charge in [0.25, 0.3) is 6.43 Å². The lowest BCUT2D eigenvalue weighted by atomic mass is 10.1. The number of aromatic nitrogens is 5. The van der Waals surface area contributed by atoms with Crippen LogP contribution in [0.15, 0.2) is 65.4 Å². The van der Waals surface area contributed by atoms with E-state index in [0.29, 0.717) is 34.0 Å². The maximum absolute atomic E-state index is 13.3. The fourth-order valence-corrected chi connectivity index (χ4v) is 5.58. The summed E-state index contributed by atoms with van der Waals surface area (Å²) in [6.45, 7) is 2.19. The quantitative estimate of drug-likeness (QED) is 0.228. The van der Waals surface area contributed by atoms with Gasteiger partial charge in [-0.3, -0.25) is 0 Å². The summed E-state index contributed by atoms with van der Waals surface area (Å²) in [4.78, 5) is 14.0. The minimum absolute atomic E-state index is 0.235. The van der Waals surface area contributed by atoms with Crippen LogP contribution in [-0.4, -0.2) is 24.6 Å². The molecule has 0 unspecified atom stereocenters. The van der Waals surface area contributed by atoms with Crippen molar-refractivity contribution in [2.75, 3.05) is 0 Å². The Hall–Kier alpha value is -3.50. The smallest absolute Gasteiger partial charge is 0.280 e. The predicted molar refractivity (Wildman–Crippen MR) is 135 cm³/mol. The van der Waals surface area contributed by atoms with E-state index in [0.717, 1.165) is 31.4 Å². The molecule has 6 aromatic rings. The molecule has 0 saturated carbocycles. The first-order valence-electron chi connectivity index (χ1n) is 10.7. The van der Waals surface area contributed by atoms with Gasteiger partial charge in [0.05, 0.1) is 9.99 Å². The van der Waals surface area contributed by atoms with E-state index in [1.54, 1.807) is 17.8 Å². The van der Waals surface area contributed by atoms with Gasteiger partial charge in [0, 0.05) is 10.9 Å². The van der Waals surface area contributed by atoms with Crippen molar-refractivity contribution >= 4 is 53.3 Å². The van der Waals surface area contributed by atoms with Gasteiger partial charge in [0.1, 0.15) is 33.9 Å². The number of hydrogen-bond donors (Lipinski definition) is 0. The molecule has 0 fully saturated rings. The lowest BCUT2D eigenvalue weighted by molar-refractivity contribution is 0.146. The third kappa shape index (κ3) is 3.92. The van der Waals surface area contributed by atoms with Crippen LogP contribution in [0.3, 0.4) is 0 Å². The Morgan fingerprint density at radius 2 is 1.94 bits per heavy atom. The maximum atomic E-state index is 13.3. The van der Waals surface area contributed by atoms with E-state index in [4.69, 9.17) is 9.72 Å². The van der Waals surface area contributed by atoms with Crippen molar-refractivity contribution in [1.29, 1.82) is 0 Å². The van der Waals surface area contributed by atoms with E-state index >= 15 is 0 Å². The van der Waals surface area contributed by atoms with E-state index in [1.165, 1.54) is 17.4 Å². The second kappa shape index (κ2) is 8.62. The van der Waals surface area contributed by atoms with Crippen molar-refractivity contribution in [3.05, 3.63) is 82.2 Å². The van der Waals surface area contributed by atoms with Crippen LogP contribution in [0.4, 0.5) is 8.78 Å². The van der Waals surface area contributed by atoms with Gasteiger partial charge in [-0.2, -0.15) is 0 Å². The summed E-state index contributed by atoms with van der Waals surface area (Å²) in [5, 5.41) is 5.38. The van der Waals surface area contributed by atoms with Crippen LogP contribution in [0.2, 0.25) is 0 Å². The van der Waals surface area contributed by atoms with Crippen LogP contribution in [0.5, 0.6) is 5.75 Å². The molecule has 4 aromatic heterocycles. The number of pyridine rings is 1. The summed E-state index contributed by atoms with van der Waals surface area (Å²) in [6.07, 6.45) is -1.03. The van der Waals surface area contributed by atoms with Crippen LogP contribution >= 0.6 is 27.3 Å². The molecule has 174 valence electrons. The lowest BCUT2D eigenvalue weighted by Crippen LogP contribution is -1.96. The Bertz CT molecular complexity index is 1730. The third-order valence-corrected chi connectivity index (χ3v) is 7.35. The highest BCUT2D eigenvalue weighted by Crippen LogP contribution is 2.37. The van der Waals surface area contributed by atoms with Gasteiger partial charge < -0.3 is 4.74 Å². The summed E-state index contributed by atoms with van der Waals surface area (Å²) in [5.41, 5.74) is 3.60. The number of thiophene rings is 1. The highest BCUT2D eigenvalue weighted by molar-refractivity contribution is 9.10. The monoisotopic (exact) mass is 551 g/mol. The van der Waals surface area contributed by atoms with Gasteiger partial charge in [-0.1, -0.05) is 30.3 Å². The van der Waals surface area contributed by atoms with Gasteiger partial charge in [-0.05, 0) is 58.2 Å². The normalized spacial score (nSPS) is 11.8. The number of nitrogens with zero attached hydrogens (tertiary/aromatic N) is 5. The molecular formula is C25H16BrF2N5OS. The predicted octanol–water partition coefficient (Wildman–Crippen LogP) is 7.14. The molecule has 10 heteroatoms. The lowest BCUT2D eigenvalue weighted by Gasteiger charge is -2.08. The molecule has 0 spiro atoms. The van der Waals surface area contributed by atoms with E-state index in [9.17, 15) is 8.78 Å². The number of alkyl halides is 2. The van der Waals surface area contributed by atoms with Gasteiger partial charge in [0.15, 0.2) is 11.5 Å². The minimum Gasteiger partial charge on any atom is -0.488 e. The zero-order valence-corrected chi connectivity index (χ0v) is 20.6. The molecule has 6 rings (SSSR count). The van der Waals surface area contributed by atoms with E-state index in [-0.39, 0.29) is 5.69 Å². The van der Waals surface area contributed by atoms with Crippen LogP contribution in [0.1, 0.15) is 23.2 Å². The fourth-order valence-electron chi connectivity index (χ4n) is 3.99. The number of ether oxygens (including phenoxy) is 1. The molecular weight excluding hydrogens is 536 g/mol. The molecule has 0 N–H and O–H groups in total. The van der Waals surface area contributed by atoms with Crippen molar-refractivity contribution < 1.29 is 13.5 Å². The van der Waals surface area contributed by atoms with Crippen molar-refractivity contribution in [3.63, 3.8) is 0 Å². The Morgan fingerprint density at radius 1 is 1.09 bits per heavy atom. The Morgan fingerprint density at radius 3 is 2.77 bits per heavy atom. The SMILES string of the molecule is Cc1cc(C(F)F)nc2sc3c(ncn4nc(-c5cccc(COc6ccccc6Br)c5)nc34)c12. The zero-order valence-electron chi connectivity index (χ0n) is 18.2. The maximum Gasteiger partial charge on any atom is 0.280 e. The number of aryl methyl sites for hydroxylation is 1. The summed E-state index contributed by atoms with van der Waals surface area (Å²) in [7, 11) is 0. The molecule has 0 radical (unpaired) electrons. The number of halogens is 3. The second-order valence-corrected chi connectivity index (χ2v) is 9.85. The Balaban J connectivity index is 1.39. The largest absolute Gasteiger partial charge is 0.488 e. The van der Waals surface area contributed by atoms with Gasteiger partial charge >= 0.3 is 0 Å². The fraction of sp³-hybridized carbons (Fsp3) is 0.120. The molecule has 0 bridgehead atoms. The highest BCUT2D eigenvalue weighted by atomic mass is 79.9. The third-order valence-electron chi connectivity index (χ3n) is 5.62. The average molecular weight is 552 g/mol. The number of hydrogen-bond acceptors (Lipinski definition) is 6. The molecule has 0 atom stereocenters. The zero-order chi connectivity index (χ0) is 24.1. The molecule has 6 nitrogen and oxygen atoms in total. The Kier molecular flexibility index (Phi) is 5.42. The van der Waals surface area contributed by atoms with Crippen LogP contribution in [-0.2, 0) is 6.61 Å². The first kappa shape index (κ1) is 22.0. The van der Waals surface area contributed by atoms with Gasteiger partial charge in [-0.25, -0.2) is 28.2 Å². The molecule has 0 saturated heterocycles. The number of benzene rings is 2. The summed E-state index contributed by atoms with van der Waals surface area (Å²) < 4.78 is 35.7. The van der Waals surface area contributed by atoms with Crippen LogP contribution in [0, 0.1) is 6.92 Å². The summed E-state index contributed by atoms with van der Waals surface area (Å²) in [6, 6.07) is 17.0. The summed E-state index contributed by atoms with van der Waals surface area (Å²) >= 11 is 4.79. The van der Waals surface area contributed by atoms with Gasteiger partial charge in [-0.15, -0.1) is 16.4 Å². The molecule has 4 heterocycles. The highest BCUT2D eigenvalue weighted by Gasteiger charge is 2.19. The molecule has 0 aliphatic rings. The number of rotatable bonds is 5. The molecule has 0 aliphatic carbocycles. The first-order chi connectivity index (χ1) is 17.0. The topological polar surface area (TPSA) is 65.2 Å². The molecule has 2 aromatic carbocycles.